The fourth-order valence-corrected chi connectivity index (χ4v) is 4.01. The van der Waals surface area contributed by atoms with E-state index in [1.165, 1.54) is 42.3 Å². The summed E-state index contributed by atoms with van der Waals surface area (Å²) in [5, 5.41) is 0.145. The molecule has 3 rings (SSSR count). The third-order valence-corrected chi connectivity index (χ3v) is 5.48. The van der Waals surface area contributed by atoms with Crippen molar-refractivity contribution >= 4 is 22.4 Å². The molecular formula is C19H17F3N4O3S. The Morgan fingerprint density at radius 3 is 2.60 bits per heavy atom. The van der Waals surface area contributed by atoms with E-state index in [1.807, 2.05) is 0 Å². The standard InChI is InChI=1S/C19H17F3N4O3S/c1-25(17(27)19(20,21)22)14-7-4-3-6-13(14)12-30(28)18-24-10-11-26(18)16-15(29-2)8-5-9-23-16/h3-11H,12H2,1-2H3. The highest BCUT2D eigenvalue weighted by Crippen LogP contribution is 2.28. The van der Waals surface area contributed by atoms with Gasteiger partial charge in [0.25, 0.3) is 0 Å². The van der Waals surface area contributed by atoms with Gasteiger partial charge in [-0.1, -0.05) is 18.2 Å². The van der Waals surface area contributed by atoms with Crippen LogP contribution in [0.2, 0.25) is 0 Å². The van der Waals surface area contributed by atoms with Crippen LogP contribution in [0.5, 0.6) is 5.75 Å². The summed E-state index contributed by atoms with van der Waals surface area (Å²) in [6, 6.07) is 9.34. The van der Waals surface area contributed by atoms with Crippen molar-refractivity contribution in [2.24, 2.45) is 0 Å². The molecule has 1 amide bonds. The zero-order valence-electron chi connectivity index (χ0n) is 16.0. The van der Waals surface area contributed by atoms with Gasteiger partial charge in [0.1, 0.15) is 0 Å². The molecule has 1 unspecified atom stereocenters. The van der Waals surface area contributed by atoms with Crippen molar-refractivity contribution in [2.75, 3.05) is 19.1 Å². The second-order valence-electron chi connectivity index (χ2n) is 6.09. The van der Waals surface area contributed by atoms with Gasteiger partial charge in [-0.3, -0.25) is 13.6 Å². The summed E-state index contributed by atoms with van der Waals surface area (Å²) in [6.07, 6.45) is -0.486. The first-order valence-corrected chi connectivity index (χ1v) is 9.89. The molecule has 0 aliphatic heterocycles. The Morgan fingerprint density at radius 2 is 1.90 bits per heavy atom. The number of carbonyl (C=O) groups excluding carboxylic acids is 1. The van der Waals surface area contributed by atoms with Crippen LogP contribution in [0.4, 0.5) is 18.9 Å². The molecule has 2 aromatic heterocycles. The third kappa shape index (κ3) is 4.35. The molecule has 7 nitrogen and oxygen atoms in total. The molecule has 30 heavy (non-hydrogen) atoms. The largest absolute Gasteiger partial charge is 0.493 e. The maximum absolute atomic E-state index is 13.0. The van der Waals surface area contributed by atoms with Gasteiger partial charge in [0, 0.05) is 31.3 Å². The number of rotatable bonds is 6. The fraction of sp³-hybridized carbons (Fsp3) is 0.211. The van der Waals surface area contributed by atoms with E-state index in [0.29, 0.717) is 22.0 Å². The van der Waals surface area contributed by atoms with E-state index in [1.54, 1.807) is 24.4 Å². The molecule has 11 heteroatoms. The van der Waals surface area contributed by atoms with E-state index in [0.717, 1.165) is 7.05 Å². The predicted octanol–water partition coefficient (Wildman–Crippen LogP) is 3.11. The second kappa shape index (κ2) is 8.66. The number of hydrogen-bond donors (Lipinski definition) is 0. The van der Waals surface area contributed by atoms with Crippen LogP contribution in [0.1, 0.15) is 5.56 Å². The summed E-state index contributed by atoms with van der Waals surface area (Å²) in [5.41, 5.74) is 0.320. The number of nitrogens with zero attached hydrogens (tertiary/aromatic N) is 4. The predicted molar refractivity (Wildman–Crippen MR) is 104 cm³/mol. The van der Waals surface area contributed by atoms with Crippen LogP contribution in [0.3, 0.4) is 0 Å². The van der Waals surface area contributed by atoms with E-state index < -0.39 is 22.9 Å². The molecule has 1 atom stereocenters. The van der Waals surface area contributed by atoms with E-state index in [9.17, 15) is 22.2 Å². The molecule has 0 fully saturated rings. The fourth-order valence-electron chi connectivity index (χ4n) is 2.81. The number of methoxy groups -OCH3 is 1. The van der Waals surface area contributed by atoms with Gasteiger partial charge in [-0.05, 0) is 23.8 Å². The van der Waals surface area contributed by atoms with E-state index >= 15 is 0 Å². The Kier molecular flexibility index (Phi) is 6.20. The Bertz CT molecular complexity index is 1080. The smallest absolute Gasteiger partial charge is 0.471 e. The minimum atomic E-state index is -5.02. The summed E-state index contributed by atoms with van der Waals surface area (Å²) in [4.78, 5) is 20.5. The van der Waals surface area contributed by atoms with Crippen LogP contribution in [-0.2, 0) is 21.3 Å². The topological polar surface area (TPSA) is 77.3 Å². The first kappa shape index (κ1) is 21.5. The number of aromatic nitrogens is 3. The van der Waals surface area contributed by atoms with Crippen LogP contribution < -0.4 is 9.64 Å². The molecule has 0 aliphatic rings. The number of carbonyl (C=O) groups is 1. The average molecular weight is 438 g/mol. The number of imidazole rings is 1. The molecule has 0 spiro atoms. The number of amides is 1. The third-order valence-electron chi connectivity index (χ3n) is 4.20. The van der Waals surface area contributed by atoms with E-state index in [4.69, 9.17) is 4.74 Å². The zero-order chi connectivity index (χ0) is 21.9. The van der Waals surface area contributed by atoms with Crippen molar-refractivity contribution in [2.45, 2.75) is 17.1 Å². The number of hydrogen-bond acceptors (Lipinski definition) is 5. The van der Waals surface area contributed by atoms with Gasteiger partial charge in [0.2, 0.25) is 5.16 Å². The van der Waals surface area contributed by atoms with Crippen LogP contribution >= 0.6 is 0 Å². The summed E-state index contributed by atoms with van der Waals surface area (Å²) in [7, 11) is 0.745. The summed E-state index contributed by atoms with van der Waals surface area (Å²) < 4.78 is 58.3. The lowest BCUT2D eigenvalue weighted by atomic mass is 10.2. The summed E-state index contributed by atoms with van der Waals surface area (Å²) >= 11 is 0. The normalized spacial score (nSPS) is 12.4. The molecule has 1 aromatic carbocycles. The van der Waals surface area contributed by atoms with Crippen molar-refractivity contribution in [1.82, 2.24) is 14.5 Å². The highest BCUT2D eigenvalue weighted by atomic mass is 32.2. The van der Waals surface area contributed by atoms with E-state index in [-0.39, 0.29) is 16.6 Å². The van der Waals surface area contributed by atoms with Gasteiger partial charge in [0.15, 0.2) is 11.6 Å². The number of para-hydroxylation sites is 1. The van der Waals surface area contributed by atoms with Gasteiger partial charge < -0.3 is 9.64 Å². The first-order chi connectivity index (χ1) is 14.2. The molecule has 2 heterocycles. The minimum Gasteiger partial charge on any atom is -0.493 e. The quantitative estimate of drug-likeness (QED) is 0.591. The number of alkyl halides is 3. The molecule has 0 saturated carbocycles. The highest BCUT2D eigenvalue weighted by molar-refractivity contribution is 7.84. The van der Waals surface area contributed by atoms with Crippen molar-refractivity contribution in [3.05, 3.63) is 60.6 Å². The lowest BCUT2D eigenvalue weighted by Gasteiger charge is -2.21. The monoisotopic (exact) mass is 438 g/mol. The van der Waals surface area contributed by atoms with Gasteiger partial charge in [-0.2, -0.15) is 13.2 Å². The van der Waals surface area contributed by atoms with Crippen LogP contribution in [0.15, 0.2) is 60.1 Å². The molecule has 158 valence electrons. The molecule has 0 radical (unpaired) electrons. The van der Waals surface area contributed by atoms with Gasteiger partial charge >= 0.3 is 12.1 Å². The van der Waals surface area contributed by atoms with Crippen LogP contribution in [0, 0.1) is 0 Å². The van der Waals surface area contributed by atoms with Crippen LogP contribution in [0.25, 0.3) is 5.82 Å². The first-order valence-electron chi connectivity index (χ1n) is 8.58. The number of halogens is 3. The summed E-state index contributed by atoms with van der Waals surface area (Å²) in [5.74, 6) is -1.36. The maximum Gasteiger partial charge on any atom is 0.471 e. The number of anilines is 1. The molecule has 3 aromatic rings. The number of ether oxygens (including phenoxy) is 1. The van der Waals surface area contributed by atoms with Crippen LogP contribution in [-0.4, -0.2) is 45.0 Å². The Hall–Kier alpha value is -3.21. The molecule has 0 N–H and O–H groups in total. The number of pyridine rings is 1. The van der Waals surface area contributed by atoms with Crippen molar-refractivity contribution in [1.29, 1.82) is 0 Å². The number of benzene rings is 1. The zero-order valence-corrected chi connectivity index (χ0v) is 16.8. The summed E-state index contributed by atoms with van der Waals surface area (Å²) in [6.45, 7) is 0. The average Bonchev–Trinajstić information content (AvgIpc) is 3.22. The molecule has 0 aliphatic carbocycles. The Labute approximate surface area is 172 Å². The van der Waals surface area contributed by atoms with Crippen molar-refractivity contribution in [3.8, 4) is 11.6 Å². The lowest BCUT2D eigenvalue weighted by molar-refractivity contribution is -0.170. The van der Waals surface area contributed by atoms with Gasteiger partial charge in [-0.15, -0.1) is 0 Å². The second-order valence-corrected chi connectivity index (χ2v) is 7.43. The molecular weight excluding hydrogens is 421 g/mol. The molecule has 0 saturated heterocycles. The maximum atomic E-state index is 13.0. The SMILES string of the molecule is COc1cccnc1-n1ccnc1S(=O)Cc1ccccc1N(C)C(=O)C(F)(F)F. The molecule has 0 bridgehead atoms. The minimum absolute atomic E-state index is 0.0155. The highest BCUT2D eigenvalue weighted by Gasteiger charge is 2.42. The lowest BCUT2D eigenvalue weighted by Crippen LogP contribution is -2.39. The van der Waals surface area contributed by atoms with E-state index in [2.05, 4.69) is 9.97 Å². The van der Waals surface area contributed by atoms with Crippen molar-refractivity contribution in [3.63, 3.8) is 0 Å². The Balaban J connectivity index is 1.93. The van der Waals surface area contributed by atoms with Gasteiger partial charge in [-0.25, -0.2) is 9.97 Å². The Morgan fingerprint density at radius 1 is 1.17 bits per heavy atom. The van der Waals surface area contributed by atoms with Gasteiger partial charge in [0.05, 0.1) is 23.7 Å². The van der Waals surface area contributed by atoms with Crippen molar-refractivity contribution < 1.29 is 26.9 Å².